The normalized spacial score (nSPS) is 14.5. The lowest BCUT2D eigenvalue weighted by Crippen LogP contribution is -2.43. The van der Waals surface area contributed by atoms with Gasteiger partial charge < -0.3 is 9.84 Å². The number of rotatable bonds is 5. The topological polar surface area (TPSA) is 80.7 Å². The van der Waals surface area contributed by atoms with Gasteiger partial charge in [0, 0.05) is 5.57 Å². The van der Waals surface area contributed by atoms with Crippen LogP contribution in [0, 0.1) is 5.92 Å². The van der Waals surface area contributed by atoms with Gasteiger partial charge in [0.1, 0.15) is 6.10 Å². The molecular formula is C10H11F3O5. The van der Waals surface area contributed by atoms with E-state index in [1.807, 2.05) is 0 Å². The standard InChI is InChI=1S/C10H11F3O5/c1-4(2)9(17)18-5(3)6(8(15)16)7(14)10(11,12)13/h5-6H,1H2,2-3H3,(H,15,16). The second-order valence-electron chi connectivity index (χ2n) is 3.57. The lowest BCUT2D eigenvalue weighted by molar-refractivity contribution is -0.185. The minimum absolute atomic E-state index is 0.120. The largest absolute Gasteiger partial charge is 0.481 e. The van der Waals surface area contributed by atoms with Crippen LogP contribution in [-0.4, -0.2) is 35.1 Å². The van der Waals surface area contributed by atoms with Crippen molar-refractivity contribution in [2.45, 2.75) is 26.1 Å². The van der Waals surface area contributed by atoms with E-state index in [1.165, 1.54) is 6.92 Å². The van der Waals surface area contributed by atoms with Crippen LogP contribution in [0.1, 0.15) is 13.8 Å². The minimum atomic E-state index is -5.31. The zero-order valence-electron chi connectivity index (χ0n) is 9.58. The van der Waals surface area contributed by atoms with Gasteiger partial charge in [0.05, 0.1) is 0 Å². The molecule has 0 aromatic carbocycles. The van der Waals surface area contributed by atoms with Crippen molar-refractivity contribution < 1.29 is 37.4 Å². The summed E-state index contributed by atoms with van der Waals surface area (Å²) >= 11 is 0. The summed E-state index contributed by atoms with van der Waals surface area (Å²) in [7, 11) is 0. The number of carboxylic acids is 1. The number of ether oxygens (including phenoxy) is 1. The molecule has 0 bridgehead atoms. The van der Waals surface area contributed by atoms with Gasteiger partial charge in [-0.15, -0.1) is 0 Å². The van der Waals surface area contributed by atoms with Gasteiger partial charge in [-0.2, -0.15) is 13.2 Å². The van der Waals surface area contributed by atoms with Crippen LogP contribution in [-0.2, 0) is 19.1 Å². The highest BCUT2D eigenvalue weighted by Crippen LogP contribution is 2.24. The van der Waals surface area contributed by atoms with Crippen molar-refractivity contribution in [2.75, 3.05) is 0 Å². The quantitative estimate of drug-likeness (QED) is 0.462. The molecule has 0 rings (SSSR count). The highest BCUT2D eigenvalue weighted by atomic mass is 19.4. The Balaban J connectivity index is 5.04. The van der Waals surface area contributed by atoms with Gasteiger partial charge in [-0.3, -0.25) is 9.59 Å². The Morgan fingerprint density at radius 2 is 1.72 bits per heavy atom. The fraction of sp³-hybridized carbons (Fsp3) is 0.500. The maximum Gasteiger partial charge on any atom is 0.451 e. The molecule has 0 fully saturated rings. The maximum absolute atomic E-state index is 12.1. The average molecular weight is 268 g/mol. The SMILES string of the molecule is C=C(C)C(=O)OC(C)C(C(=O)O)C(=O)C(F)(F)F. The molecule has 18 heavy (non-hydrogen) atoms. The lowest BCUT2D eigenvalue weighted by atomic mass is 9.98. The Kier molecular flexibility index (Phi) is 5.07. The zero-order chi connectivity index (χ0) is 14.7. The molecule has 2 atom stereocenters. The molecule has 102 valence electrons. The summed E-state index contributed by atoms with van der Waals surface area (Å²) in [4.78, 5) is 32.6. The molecule has 0 aromatic rings. The van der Waals surface area contributed by atoms with Crippen LogP contribution in [0.2, 0.25) is 0 Å². The molecule has 1 N–H and O–H groups in total. The molecule has 0 aliphatic carbocycles. The second kappa shape index (κ2) is 5.65. The third-order valence-electron chi connectivity index (χ3n) is 1.94. The van der Waals surface area contributed by atoms with Crippen molar-refractivity contribution >= 4 is 17.7 Å². The smallest absolute Gasteiger partial charge is 0.451 e. The molecular weight excluding hydrogens is 257 g/mol. The average Bonchev–Trinajstić information content (AvgIpc) is 2.15. The molecule has 0 radical (unpaired) electrons. The molecule has 0 aliphatic rings. The van der Waals surface area contributed by atoms with Crippen molar-refractivity contribution in [3.05, 3.63) is 12.2 Å². The van der Waals surface area contributed by atoms with Gasteiger partial charge in [0.15, 0.2) is 5.92 Å². The number of ketones is 1. The number of carboxylic acid groups (broad SMARTS) is 1. The molecule has 0 saturated carbocycles. The molecule has 0 heterocycles. The number of hydrogen-bond donors (Lipinski definition) is 1. The zero-order valence-corrected chi connectivity index (χ0v) is 9.58. The van der Waals surface area contributed by atoms with Crippen LogP contribution in [0.25, 0.3) is 0 Å². The van der Waals surface area contributed by atoms with Crippen molar-refractivity contribution in [3.63, 3.8) is 0 Å². The predicted molar refractivity (Wildman–Crippen MR) is 52.6 cm³/mol. The molecule has 0 saturated heterocycles. The number of hydrogen-bond acceptors (Lipinski definition) is 4. The van der Waals surface area contributed by atoms with Crippen LogP contribution >= 0.6 is 0 Å². The molecule has 2 unspecified atom stereocenters. The number of halogens is 3. The molecule has 0 aliphatic heterocycles. The van der Waals surface area contributed by atoms with Gasteiger partial charge in [-0.1, -0.05) is 6.58 Å². The van der Waals surface area contributed by atoms with Gasteiger partial charge in [-0.25, -0.2) is 4.79 Å². The molecule has 0 aromatic heterocycles. The summed E-state index contributed by atoms with van der Waals surface area (Å²) in [6, 6.07) is 0. The number of Topliss-reactive ketones (excluding diaryl/α,β-unsaturated/α-hetero) is 1. The third kappa shape index (κ3) is 4.19. The summed E-state index contributed by atoms with van der Waals surface area (Å²) in [6.07, 6.45) is -7.06. The maximum atomic E-state index is 12.1. The first-order valence-corrected chi connectivity index (χ1v) is 4.68. The fourth-order valence-corrected chi connectivity index (χ4v) is 1.04. The van der Waals surface area contributed by atoms with Crippen molar-refractivity contribution in [3.8, 4) is 0 Å². The van der Waals surface area contributed by atoms with E-state index < -0.39 is 35.9 Å². The summed E-state index contributed by atoms with van der Waals surface area (Å²) in [5, 5.41) is 8.59. The van der Waals surface area contributed by atoms with Gasteiger partial charge in [0.2, 0.25) is 0 Å². The Morgan fingerprint density at radius 1 is 1.28 bits per heavy atom. The third-order valence-corrected chi connectivity index (χ3v) is 1.94. The van der Waals surface area contributed by atoms with Crippen LogP contribution < -0.4 is 0 Å². The Morgan fingerprint density at radius 3 is 2.00 bits per heavy atom. The van der Waals surface area contributed by atoms with Gasteiger partial charge in [0.25, 0.3) is 5.78 Å². The number of carbonyl (C=O) groups excluding carboxylic acids is 2. The van der Waals surface area contributed by atoms with Crippen LogP contribution in [0.15, 0.2) is 12.2 Å². The van der Waals surface area contributed by atoms with E-state index in [2.05, 4.69) is 11.3 Å². The van der Waals surface area contributed by atoms with E-state index in [1.54, 1.807) is 0 Å². The van der Waals surface area contributed by atoms with E-state index in [4.69, 9.17) is 5.11 Å². The minimum Gasteiger partial charge on any atom is -0.481 e. The first kappa shape index (κ1) is 16.1. The Hall–Kier alpha value is -1.86. The highest BCUT2D eigenvalue weighted by Gasteiger charge is 2.49. The molecule has 8 heteroatoms. The first-order chi connectivity index (χ1) is 7.98. The Labute approximate surface area is 100 Å². The summed E-state index contributed by atoms with van der Waals surface area (Å²) < 4.78 is 40.8. The van der Waals surface area contributed by atoms with Crippen LogP contribution in [0.3, 0.4) is 0 Å². The molecule has 5 nitrogen and oxygen atoms in total. The Bertz CT molecular complexity index is 385. The number of aliphatic carboxylic acids is 1. The van der Waals surface area contributed by atoms with Crippen LogP contribution in [0.5, 0.6) is 0 Å². The predicted octanol–water partition coefficient (Wildman–Crippen LogP) is 1.33. The lowest BCUT2D eigenvalue weighted by Gasteiger charge is -2.20. The van der Waals surface area contributed by atoms with E-state index in [0.29, 0.717) is 0 Å². The number of esters is 1. The van der Waals surface area contributed by atoms with E-state index in [-0.39, 0.29) is 5.57 Å². The monoisotopic (exact) mass is 268 g/mol. The highest BCUT2D eigenvalue weighted by molar-refractivity contribution is 6.02. The molecule has 0 amide bonds. The van der Waals surface area contributed by atoms with Crippen molar-refractivity contribution in [1.29, 1.82) is 0 Å². The number of alkyl halides is 3. The van der Waals surface area contributed by atoms with Crippen LogP contribution in [0.4, 0.5) is 13.2 Å². The fourth-order valence-electron chi connectivity index (χ4n) is 1.04. The summed E-state index contributed by atoms with van der Waals surface area (Å²) in [5.74, 6) is -8.05. The second-order valence-corrected chi connectivity index (χ2v) is 3.57. The van der Waals surface area contributed by atoms with Crippen molar-refractivity contribution in [2.24, 2.45) is 5.92 Å². The van der Waals surface area contributed by atoms with E-state index in [9.17, 15) is 27.6 Å². The first-order valence-electron chi connectivity index (χ1n) is 4.68. The summed E-state index contributed by atoms with van der Waals surface area (Å²) in [6.45, 7) is 5.30. The van der Waals surface area contributed by atoms with Gasteiger partial charge >= 0.3 is 18.1 Å². The van der Waals surface area contributed by atoms with Crippen molar-refractivity contribution in [1.82, 2.24) is 0 Å². The van der Waals surface area contributed by atoms with E-state index >= 15 is 0 Å². The summed E-state index contributed by atoms with van der Waals surface area (Å²) in [5.41, 5.74) is -0.120. The van der Waals surface area contributed by atoms with E-state index in [0.717, 1.165) is 6.92 Å². The molecule has 0 spiro atoms. The number of carbonyl (C=O) groups is 3. The van der Waals surface area contributed by atoms with Gasteiger partial charge in [-0.05, 0) is 13.8 Å².